The van der Waals surface area contributed by atoms with Gasteiger partial charge < -0.3 is 5.73 Å². The number of nitrogens with two attached hydrogens (primary N) is 1. The lowest BCUT2D eigenvalue weighted by molar-refractivity contribution is -0.181. The number of hydrogen-bond donors (Lipinski definition) is 1. The van der Waals surface area contributed by atoms with Gasteiger partial charge in [0.15, 0.2) is 0 Å². The predicted molar refractivity (Wildman–Crippen MR) is 51.6 cm³/mol. The van der Waals surface area contributed by atoms with Crippen molar-refractivity contribution in [1.82, 2.24) is 0 Å². The van der Waals surface area contributed by atoms with Gasteiger partial charge in [-0.05, 0) is 36.5 Å². The summed E-state index contributed by atoms with van der Waals surface area (Å²) in [6.07, 6.45) is 4.16. The molecule has 3 aliphatic carbocycles. The van der Waals surface area contributed by atoms with Crippen LogP contribution in [0.3, 0.4) is 0 Å². The molecule has 3 atom stereocenters. The lowest BCUT2D eigenvalue weighted by Gasteiger charge is -2.66. The summed E-state index contributed by atoms with van der Waals surface area (Å²) < 4.78 is 0. The summed E-state index contributed by atoms with van der Waals surface area (Å²) in [4.78, 5) is 11.4. The first-order chi connectivity index (χ1) is 5.92. The molecule has 2 nitrogen and oxygen atoms in total. The van der Waals surface area contributed by atoms with E-state index in [0.29, 0.717) is 11.8 Å². The van der Waals surface area contributed by atoms with Crippen molar-refractivity contribution >= 4 is 5.91 Å². The van der Waals surface area contributed by atoms with E-state index in [4.69, 9.17) is 5.73 Å². The van der Waals surface area contributed by atoms with Gasteiger partial charge in [-0.1, -0.05) is 20.8 Å². The second-order valence-corrected chi connectivity index (χ2v) is 5.28. The molecule has 0 aromatic rings. The van der Waals surface area contributed by atoms with E-state index < -0.39 is 0 Å². The van der Waals surface area contributed by atoms with E-state index >= 15 is 0 Å². The molecule has 0 unspecified atom stereocenters. The number of fused-ring (bicyclic) bond motifs is 2. The van der Waals surface area contributed by atoms with Crippen LogP contribution in [0.15, 0.2) is 0 Å². The minimum atomic E-state index is -0.218. The molecule has 1 amide bonds. The fourth-order valence-corrected chi connectivity index (χ4v) is 3.38. The zero-order valence-electron chi connectivity index (χ0n) is 8.63. The normalized spacial score (nSPS) is 46.7. The third-order valence-corrected chi connectivity index (χ3v) is 4.67. The van der Waals surface area contributed by atoms with Crippen molar-refractivity contribution in [3.05, 3.63) is 6.42 Å². The third kappa shape index (κ3) is 0.818. The standard InChI is InChI=1S/C11H18NO/c1-7-4-5-11(9(12)13)6-8(7)10(11,2)3/h4,7-8H,5-6H2,1-3H3,(H2,12,13)/t7-,8-,11-/m0/s1. The molecule has 0 aliphatic heterocycles. The third-order valence-electron chi connectivity index (χ3n) is 4.67. The minimum absolute atomic E-state index is 0.100. The maximum Gasteiger partial charge on any atom is 0.224 e. The lowest BCUT2D eigenvalue weighted by Crippen LogP contribution is -2.65. The van der Waals surface area contributed by atoms with Crippen molar-refractivity contribution in [3.63, 3.8) is 0 Å². The average Bonchev–Trinajstić information content (AvgIpc) is 2.03. The van der Waals surface area contributed by atoms with E-state index in [2.05, 4.69) is 27.2 Å². The van der Waals surface area contributed by atoms with Gasteiger partial charge in [-0.25, -0.2) is 0 Å². The predicted octanol–water partition coefficient (Wildman–Crippen LogP) is 1.75. The van der Waals surface area contributed by atoms with Crippen LogP contribution < -0.4 is 5.73 Å². The van der Waals surface area contributed by atoms with Gasteiger partial charge in [-0.3, -0.25) is 4.79 Å². The smallest absolute Gasteiger partial charge is 0.224 e. The molecule has 0 aromatic heterocycles. The number of primary amides is 1. The molecule has 73 valence electrons. The van der Waals surface area contributed by atoms with Gasteiger partial charge in [-0.2, -0.15) is 0 Å². The molecule has 2 heteroatoms. The Kier molecular flexibility index (Phi) is 1.59. The van der Waals surface area contributed by atoms with Crippen LogP contribution in [0, 0.1) is 29.1 Å². The van der Waals surface area contributed by atoms with Crippen LogP contribution in [-0.4, -0.2) is 5.91 Å². The second-order valence-electron chi connectivity index (χ2n) is 5.28. The van der Waals surface area contributed by atoms with E-state index in [0.717, 1.165) is 12.8 Å². The summed E-state index contributed by atoms with van der Waals surface area (Å²) in [5, 5.41) is 0. The first-order valence-corrected chi connectivity index (χ1v) is 5.05. The SMILES string of the molecule is C[C@H]1[CH]C[C@@]2(C(N)=O)C[C@@H]1C2(C)C. The molecule has 3 fully saturated rings. The molecule has 2 bridgehead atoms. The van der Waals surface area contributed by atoms with Crippen LogP contribution in [0.2, 0.25) is 0 Å². The van der Waals surface area contributed by atoms with Crippen LogP contribution in [0.4, 0.5) is 0 Å². The fraction of sp³-hybridized carbons (Fsp3) is 0.818. The molecular formula is C11H18NO. The Morgan fingerprint density at radius 2 is 2.15 bits per heavy atom. The van der Waals surface area contributed by atoms with Gasteiger partial charge in [0, 0.05) is 0 Å². The highest BCUT2D eigenvalue weighted by molar-refractivity contribution is 5.83. The molecule has 0 heterocycles. The zero-order valence-corrected chi connectivity index (χ0v) is 8.63. The number of carbonyl (C=O) groups is 1. The van der Waals surface area contributed by atoms with E-state index in [9.17, 15) is 4.79 Å². The van der Waals surface area contributed by atoms with Crippen molar-refractivity contribution in [3.8, 4) is 0 Å². The van der Waals surface area contributed by atoms with Crippen molar-refractivity contribution in [2.75, 3.05) is 0 Å². The van der Waals surface area contributed by atoms with E-state index in [-0.39, 0.29) is 16.7 Å². The fourth-order valence-electron chi connectivity index (χ4n) is 3.38. The van der Waals surface area contributed by atoms with Gasteiger partial charge in [0.05, 0.1) is 5.41 Å². The summed E-state index contributed by atoms with van der Waals surface area (Å²) in [6, 6.07) is 0. The number of carbonyl (C=O) groups excluding carboxylic acids is 1. The van der Waals surface area contributed by atoms with Gasteiger partial charge >= 0.3 is 0 Å². The summed E-state index contributed by atoms with van der Waals surface area (Å²) in [6.45, 7) is 6.63. The summed E-state index contributed by atoms with van der Waals surface area (Å²) in [5.41, 5.74) is 5.40. The van der Waals surface area contributed by atoms with Crippen molar-refractivity contribution in [2.24, 2.45) is 28.4 Å². The Morgan fingerprint density at radius 3 is 2.54 bits per heavy atom. The van der Waals surface area contributed by atoms with Crippen LogP contribution in [-0.2, 0) is 4.79 Å². The first-order valence-electron chi connectivity index (χ1n) is 5.05. The average molecular weight is 180 g/mol. The molecule has 3 saturated carbocycles. The molecule has 0 aromatic carbocycles. The van der Waals surface area contributed by atoms with Gasteiger partial charge in [0.25, 0.3) is 0 Å². The summed E-state index contributed by atoms with van der Waals surface area (Å²) in [7, 11) is 0. The van der Waals surface area contributed by atoms with Crippen LogP contribution in [0.5, 0.6) is 0 Å². The highest BCUT2D eigenvalue weighted by atomic mass is 16.1. The largest absolute Gasteiger partial charge is 0.369 e. The second kappa shape index (κ2) is 2.28. The monoisotopic (exact) mass is 180 g/mol. The quantitative estimate of drug-likeness (QED) is 0.656. The molecule has 13 heavy (non-hydrogen) atoms. The first kappa shape index (κ1) is 9.04. The topological polar surface area (TPSA) is 43.1 Å². The molecule has 3 rings (SSSR count). The highest BCUT2D eigenvalue weighted by Gasteiger charge is 2.66. The maximum absolute atomic E-state index is 11.4. The zero-order chi connectivity index (χ0) is 9.85. The molecule has 2 N–H and O–H groups in total. The van der Waals surface area contributed by atoms with Crippen LogP contribution in [0.25, 0.3) is 0 Å². The Labute approximate surface area is 79.9 Å². The Bertz CT molecular complexity index is 255. The van der Waals surface area contributed by atoms with Crippen molar-refractivity contribution < 1.29 is 4.79 Å². The van der Waals surface area contributed by atoms with Crippen molar-refractivity contribution in [1.29, 1.82) is 0 Å². The molecule has 1 radical (unpaired) electrons. The Balaban J connectivity index is 2.32. The number of amides is 1. The summed E-state index contributed by atoms with van der Waals surface area (Å²) in [5.74, 6) is 1.21. The van der Waals surface area contributed by atoms with E-state index in [1.807, 2.05) is 0 Å². The van der Waals surface area contributed by atoms with Gasteiger partial charge in [0.1, 0.15) is 0 Å². The summed E-state index contributed by atoms with van der Waals surface area (Å²) >= 11 is 0. The Morgan fingerprint density at radius 1 is 1.54 bits per heavy atom. The Hall–Kier alpha value is -0.530. The van der Waals surface area contributed by atoms with E-state index in [1.54, 1.807) is 0 Å². The highest BCUT2D eigenvalue weighted by Crippen LogP contribution is 2.68. The molecule has 0 saturated heterocycles. The van der Waals surface area contributed by atoms with E-state index in [1.165, 1.54) is 0 Å². The van der Waals surface area contributed by atoms with Gasteiger partial charge in [-0.15, -0.1) is 0 Å². The molecule has 0 spiro atoms. The lowest BCUT2D eigenvalue weighted by atomic mass is 9.37. The molecule has 3 aliphatic rings. The number of hydrogen-bond acceptors (Lipinski definition) is 1. The van der Waals surface area contributed by atoms with Crippen LogP contribution >= 0.6 is 0 Å². The molecular weight excluding hydrogens is 162 g/mol. The van der Waals surface area contributed by atoms with Crippen molar-refractivity contribution in [2.45, 2.75) is 33.6 Å². The number of rotatable bonds is 1. The van der Waals surface area contributed by atoms with Gasteiger partial charge in [0.2, 0.25) is 5.91 Å². The van der Waals surface area contributed by atoms with Crippen LogP contribution in [0.1, 0.15) is 33.6 Å². The maximum atomic E-state index is 11.4. The minimum Gasteiger partial charge on any atom is -0.369 e.